The van der Waals surface area contributed by atoms with Crippen LogP contribution in [0.25, 0.3) is 0 Å². The van der Waals surface area contributed by atoms with Gasteiger partial charge in [0.2, 0.25) is 10.0 Å². The molecule has 0 radical (unpaired) electrons. The fraction of sp³-hybridized carbons (Fsp3) is 0.440. The van der Waals surface area contributed by atoms with Gasteiger partial charge in [0.05, 0.1) is 17.1 Å². The van der Waals surface area contributed by atoms with E-state index in [-0.39, 0.29) is 41.5 Å². The third-order valence-electron chi connectivity index (χ3n) is 5.76. The zero-order valence-corrected chi connectivity index (χ0v) is 20.9. The van der Waals surface area contributed by atoms with Crippen molar-refractivity contribution in [2.24, 2.45) is 0 Å². The molecule has 0 saturated carbocycles. The first kappa shape index (κ1) is 25.9. The first-order chi connectivity index (χ1) is 16.1. The minimum atomic E-state index is -3.61. The van der Waals surface area contributed by atoms with Crippen molar-refractivity contribution in [3.63, 3.8) is 0 Å². The molecular weight excluding hydrogens is 454 g/mol. The van der Waals surface area contributed by atoms with Crippen LogP contribution in [0.2, 0.25) is 0 Å². The predicted molar refractivity (Wildman–Crippen MR) is 130 cm³/mol. The molecule has 1 heterocycles. The van der Waals surface area contributed by atoms with Crippen LogP contribution in [0.4, 0.5) is 0 Å². The maximum atomic E-state index is 12.8. The van der Waals surface area contributed by atoms with E-state index < -0.39 is 10.0 Å². The monoisotopic (exact) mass is 487 g/mol. The summed E-state index contributed by atoms with van der Waals surface area (Å²) >= 11 is 0. The van der Waals surface area contributed by atoms with Crippen molar-refractivity contribution in [3.8, 4) is 0 Å². The highest BCUT2D eigenvalue weighted by Gasteiger charge is 2.26. The number of hydrogen-bond acceptors (Lipinski definition) is 5. The number of rotatable bonds is 8. The lowest BCUT2D eigenvalue weighted by atomic mass is 10.1. The van der Waals surface area contributed by atoms with Gasteiger partial charge in [-0.15, -0.1) is 0 Å². The highest BCUT2D eigenvalue weighted by molar-refractivity contribution is 7.89. The molecule has 8 nitrogen and oxygen atoms in total. The molecule has 0 aromatic heterocycles. The molecule has 1 aliphatic heterocycles. The molecule has 3 unspecified atom stereocenters. The van der Waals surface area contributed by atoms with Gasteiger partial charge in [-0.2, -0.15) is 0 Å². The Balaban J connectivity index is 1.56. The molecule has 1 saturated heterocycles. The fourth-order valence-electron chi connectivity index (χ4n) is 3.78. The van der Waals surface area contributed by atoms with Crippen LogP contribution >= 0.6 is 0 Å². The molecule has 2 aromatic rings. The van der Waals surface area contributed by atoms with Gasteiger partial charge >= 0.3 is 0 Å². The van der Waals surface area contributed by atoms with Gasteiger partial charge in [0.25, 0.3) is 11.8 Å². The number of hydrogen-bond donors (Lipinski definition) is 2. The van der Waals surface area contributed by atoms with Crippen LogP contribution in [0.15, 0.2) is 53.4 Å². The van der Waals surface area contributed by atoms with Gasteiger partial charge in [0.15, 0.2) is 0 Å². The Morgan fingerprint density at radius 3 is 2.12 bits per heavy atom. The second-order valence-corrected chi connectivity index (χ2v) is 10.5. The summed E-state index contributed by atoms with van der Waals surface area (Å²) in [6, 6.07) is 12.8. The van der Waals surface area contributed by atoms with E-state index in [1.165, 1.54) is 24.3 Å². The molecule has 34 heavy (non-hydrogen) atoms. The Bertz CT molecular complexity index is 1090. The Morgan fingerprint density at radius 2 is 1.56 bits per heavy atom. The predicted octanol–water partition coefficient (Wildman–Crippen LogP) is 2.94. The van der Waals surface area contributed by atoms with Crippen molar-refractivity contribution < 1.29 is 22.7 Å². The van der Waals surface area contributed by atoms with Gasteiger partial charge < -0.3 is 15.0 Å². The summed E-state index contributed by atoms with van der Waals surface area (Å²) in [4.78, 5) is 27.2. The quantitative estimate of drug-likeness (QED) is 0.596. The number of morpholine rings is 1. The fourth-order valence-corrected chi connectivity index (χ4v) is 5.10. The molecular formula is C25H33N3O5S. The number of nitrogens with one attached hydrogen (secondary N) is 2. The number of carbonyl (C=O) groups is 2. The number of carbonyl (C=O) groups excluding carboxylic acids is 2. The van der Waals surface area contributed by atoms with Crippen LogP contribution in [0.3, 0.4) is 0 Å². The lowest BCUT2D eigenvalue weighted by Crippen LogP contribution is -2.48. The molecule has 0 spiro atoms. The van der Waals surface area contributed by atoms with Crippen LogP contribution in [0.5, 0.6) is 0 Å². The average molecular weight is 488 g/mol. The number of ether oxygens (including phenoxy) is 1. The molecule has 2 aromatic carbocycles. The van der Waals surface area contributed by atoms with Gasteiger partial charge in [0, 0.05) is 36.8 Å². The SMILES string of the molecule is CCC(C)NS(=O)(=O)c1ccc(C(=O)NCc2ccc(C(=O)N3CC(C)OC(C)C3)cc2)cc1. The number of amides is 2. The van der Waals surface area contributed by atoms with Gasteiger partial charge in [-0.25, -0.2) is 13.1 Å². The molecule has 0 aliphatic carbocycles. The number of sulfonamides is 1. The molecule has 0 bridgehead atoms. The van der Waals surface area contributed by atoms with Crippen molar-refractivity contribution in [2.45, 2.75) is 63.8 Å². The number of nitrogens with zero attached hydrogens (tertiary/aromatic N) is 1. The summed E-state index contributed by atoms with van der Waals surface area (Å²) in [6.45, 7) is 9.02. The van der Waals surface area contributed by atoms with E-state index in [1.807, 2.05) is 32.9 Å². The first-order valence-electron chi connectivity index (χ1n) is 11.5. The highest BCUT2D eigenvalue weighted by Crippen LogP contribution is 2.16. The summed E-state index contributed by atoms with van der Waals surface area (Å²) < 4.78 is 33.0. The molecule has 3 rings (SSSR count). The lowest BCUT2D eigenvalue weighted by molar-refractivity contribution is -0.0586. The van der Waals surface area contributed by atoms with Crippen LogP contribution in [0.1, 0.15) is 60.4 Å². The van der Waals surface area contributed by atoms with Crippen molar-refractivity contribution >= 4 is 21.8 Å². The van der Waals surface area contributed by atoms with E-state index in [4.69, 9.17) is 4.74 Å². The maximum Gasteiger partial charge on any atom is 0.254 e. The van der Waals surface area contributed by atoms with Crippen molar-refractivity contribution in [2.75, 3.05) is 13.1 Å². The normalized spacial score (nSPS) is 19.5. The maximum absolute atomic E-state index is 12.8. The Kier molecular flexibility index (Phi) is 8.46. The second-order valence-electron chi connectivity index (χ2n) is 8.80. The average Bonchev–Trinajstić information content (AvgIpc) is 2.81. The van der Waals surface area contributed by atoms with E-state index in [2.05, 4.69) is 10.0 Å². The minimum Gasteiger partial charge on any atom is -0.372 e. The van der Waals surface area contributed by atoms with Gasteiger partial charge in [-0.3, -0.25) is 9.59 Å². The van der Waals surface area contributed by atoms with E-state index in [9.17, 15) is 18.0 Å². The molecule has 2 amide bonds. The summed E-state index contributed by atoms with van der Waals surface area (Å²) in [6.07, 6.45) is 0.695. The molecule has 184 valence electrons. The van der Waals surface area contributed by atoms with Gasteiger partial charge in [-0.05, 0) is 69.2 Å². The Labute approximate surface area is 201 Å². The van der Waals surface area contributed by atoms with Gasteiger partial charge in [-0.1, -0.05) is 19.1 Å². The van der Waals surface area contributed by atoms with Crippen molar-refractivity contribution in [1.82, 2.24) is 14.9 Å². The summed E-state index contributed by atoms with van der Waals surface area (Å²) in [7, 11) is -3.61. The molecule has 1 fully saturated rings. The van der Waals surface area contributed by atoms with E-state index in [0.717, 1.165) is 5.56 Å². The molecule has 3 atom stereocenters. The Morgan fingerprint density at radius 1 is 1.00 bits per heavy atom. The lowest BCUT2D eigenvalue weighted by Gasteiger charge is -2.35. The third kappa shape index (κ3) is 6.65. The van der Waals surface area contributed by atoms with Crippen LogP contribution < -0.4 is 10.0 Å². The van der Waals surface area contributed by atoms with Gasteiger partial charge in [0.1, 0.15) is 0 Å². The number of benzene rings is 2. The van der Waals surface area contributed by atoms with Crippen LogP contribution in [-0.2, 0) is 21.3 Å². The minimum absolute atomic E-state index is 0.00697. The van der Waals surface area contributed by atoms with E-state index in [1.54, 1.807) is 24.0 Å². The van der Waals surface area contributed by atoms with Crippen molar-refractivity contribution in [3.05, 3.63) is 65.2 Å². The standard InChI is InChI=1S/C25H33N3O5S/c1-5-17(2)27-34(31,32)23-12-10-21(11-13-23)24(29)26-14-20-6-8-22(9-7-20)25(30)28-15-18(3)33-19(4)16-28/h6-13,17-19,27H,5,14-16H2,1-4H3,(H,26,29). The van der Waals surface area contributed by atoms with Crippen LogP contribution in [0, 0.1) is 0 Å². The molecule has 9 heteroatoms. The third-order valence-corrected chi connectivity index (χ3v) is 7.36. The smallest absolute Gasteiger partial charge is 0.254 e. The molecule has 2 N–H and O–H groups in total. The van der Waals surface area contributed by atoms with E-state index in [0.29, 0.717) is 30.6 Å². The second kappa shape index (κ2) is 11.1. The first-order valence-corrected chi connectivity index (χ1v) is 13.0. The van der Waals surface area contributed by atoms with Crippen LogP contribution in [-0.4, -0.2) is 56.5 Å². The summed E-state index contributed by atoms with van der Waals surface area (Å²) in [5.41, 5.74) is 1.81. The summed E-state index contributed by atoms with van der Waals surface area (Å²) in [5, 5.41) is 2.82. The Hall–Kier alpha value is -2.75. The topological polar surface area (TPSA) is 105 Å². The zero-order chi connectivity index (χ0) is 24.9. The highest BCUT2D eigenvalue weighted by atomic mass is 32.2. The van der Waals surface area contributed by atoms with E-state index >= 15 is 0 Å². The zero-order valence-electron chi connectivity index (χ0n) is 20.1. The summed E-state index contributed by atoms with van der Waals surface area (Å²) in [5.74, 6) is -0.342. The molecule has 1 aliphatic rings. The largest absolute Gasteiger partial charge is 0.372 e. The van der Waals surface area contributed by atoms with Crippen molar-refractivity contribution in [1.29, 1.82) is 0 Å².